The Morgan fingerprint density at radius 2 is 1.84 bits per heavy atom. The average Bonchev–Trinajstić information content (AvgIpc) is 2.90. The number of benzene rings is 2. The van der Waals surface area contributed by atoms with Crippen LogP contribution in [-0.4, -0.2) is 24.9 Å². The van der Waals surface area contributed by atoms with E-state index in [2.05, 4.69) is 0 Å². The minimum atomic E-state index is -0.575. The third kappa shape index (κ3) is 3.80. The summed E-state index contributed by atoms with van der Waals surface area (Å²) in [6, 6.07) is 12.1. The number of nitrogens with two attached hydrogens (primary N) is 1. The van der Waals surface area contributed by atoms with Crippen molar-refractivity contribution in [3.63, 3.8) is 0 Å². The van der Waals surface area contributed by atoms with Crippen molar-refractivity contribution >= 4 is 17.8 Å². The average molecular weight is 339 g/mol. The van der Waals surface area contributed by atoms with Crippen LogP contribution in [-0.2, 0) is 4.79 Å². The number of ether oxygens (including phenoxy) is 3. The molecule has 0 atom stereocenters. The topological polar surface area (TPSA) is 87.8 Å². The number of fused-ring (bicyclic) bond motifs is 1. The van der Waals surface area contributed by atoms with E-state index in [9.17, 15) is 9.59 Å². The van der Waals surface area contributed by atoms with Crippen LogP contribution in [0.15, 0.2) is 48.2 Å². The Balaban J connectivity index is 1.78. The van der Waals surface area contributed by atoms with Crippen molar-refractivity contribution < 1.29 is 23.8 Å². The lowest BCUT2D eigenvalue weighted by atomic mass is 10.1. The highest BCUT2D eigenvalue weighted by atomic mass is 16.5. The van der Waals surface area contributed by atoms with Crippen LogP contribution in [0.3, 0.4) is 0 Å². The molecule has 0 unspecified atom stereocenters. The Morgan fingerprint density at radius 1 is 1.12 bits per heavy atom. The predicted molar refractivity (Wildman–Crippen MR) is 91.7 cm³/mol. The second-order valence-electron chi connectivity index (χ2n) is 5.35. The van der Waals surface area contributed by atoms with Gasteiger partial charge in [-0.25, -0.2) is 0 Å². The molecule has 1 aliphatic heterocycles. The molecule has 3 rings (SSSR count). The van der Waals surface area contributed by atoms with Crippen molar-refractivity contribution in [1.82, 2.24) is 0 Å². The van der Waals surface area contributed by atoms with E-state index in [0.717, 1.165) is 11.3 Å². The summed E-state index contributed by atoms with van der Waals surface area (Å²) in [5.74, 6) is 1.02. The molecule has 2 aromatic rings. The first-order chi connectivity index (χ1) is 12.1. The number of Topliss-reactive ketones (excluding diaryl/α,β-unsaturated/α-hetero) is 1. The highest BCUT2D eigenvalue weighted by Crippen LogP contribution is 2.35. The summed E-state index contributed by atoms with van der Waals surface area (Å²) < 4.78 is 16.2. The van der Waals surface area contributed by atoms with Crippen molar-refractivity contribution in [3.05, 3.63) is 59.4 Å². The lowest BCUT2D eigenvalue weighted by Crippen LogP contribution is -2.19. The van der Waals surface area contributed by atoms with Gasteiger partial charge in [0.15, 0.2) is 12.4 Å². The van der Waals surface area contributed by atoms with E-state index in [0.29, 0.717) is 23.7 Å². The SMILES string of the molecule is CCOc1ccc(C=C2Oc3cc(OCC(N)=O)ccc3C2=O)cc1. The van der Waals surface area contributed by atoms with E-state index in [1.165, 1.54) is 0 Å². The van der Waals surface area contributed by atoms with E-state index in [1.54, 1.807) is 24.3 Å². The highest BCUT2D eigenvalue weighted by Gasteiger charge is 2.27. The van der Waals surface area contributed by atoms with Crippen LogP contribution in [0, 0.1) is 0 Å². The van der Waals surface area contributed by atoms with Gasteiger partial charge in [0.05, 0.1) is 12.2 Å². The Morgan fingerprint density at radius 3 is 2.52 bits per heavy atom. The number of carbonyl (C=O) groups excluding carboxylic acids is 2. The molecule has 0 radical (unpaired) electrons. The van der Waals surface area contributed by atoms with Crippen LogP contribution >= 0.6 is 0 Å². The van der Waals surface area contributed by atoms with Crippen LogP contribution < -0.4 is 19.9 Å². The monoisotopic (exact) mass is 339 g/mol. The molecule has 0 saturated carbocycles. The van der Waals surface area contributed by atoms with Gasteiger partial charge in [0.25, 0.3) is 5.91 Å². The number of ketones is 1. The van der Waals surface area contributed by atoms with Gasteiger partial charge in [-0.1, -0.05) is 12.1 Å². The molecule has 0 fully saturated rings. The molecule has 0 aromatic heterocycles. The summed E-state index contributed by atoms with van der Waals surface area (Å²) in [5.41, 5.74) is 6.32. The molecule has 2 aromatic carbocycles. The van der Waals surface area contributed by atoms with E-state index in [4.69, 9.17) is 19.9 Å². The van der Waals surface area contributed by atoms with Crippen molar-refractivity contribution in [1.29, 1.82) is 0 Å². The summed E-state index contributed by atoms with van der Waals surface area (Å²) in [6.45, 7) is 2.28. The fraction of sp³-hybridized carbons (Fsp3) is 0.158. The molecule has 0 aliphatic carbocycles. The molecule has 128 valence electrons. The first-order valence-corrected chi connectivity index (χ1v) is 7.79. The number of hydrogen-bond donors (Lipinski definition) is 1. The predicted octanol–water partition coefficient (Wildman–Crippen LogP) is 2.57. The van der Waals surface area contributed by atoms with E-state index >= 15 is 0 Å². The lowest BCUT2D eigenvalue weighted by molar-refractivity contribution is -0.119. The fourth-order valence-corrected chi connectivity index (χ4v) is 2.39. The summed E-state index contributed by atoms with van der Waals surface area (Å²) in [7, 11) is 0. The van der Waals surface area contributed by atoms with Crippen LogP contribution in [0.2, 0.25) is 0 Å². The molecule has 6 nitrogen and oxygen atoms in total. The first kappa shape index (κ1) is 16.6. The van der Waals surface area contributed by atoms with E-state index < -0.39 is 5.91 Å². The second-order valence-corrected chi connectivity index (χ2v) is 5.35. The van der Waals surface area contributed by atoms with Gasteiger partial charge in [0, 0.05) is 6.07 Å². The van der Waals surface area contributed by atoms with Crippen LogP contribution in [0.4, 0.5) is 0 Å². The first-order valence-electron chi connectivity index (χ1n) is 7.79. The largest absolute Gasteiger partial charge is 0.494 e. The fourth-order valence-electron chi connectivity index (χ4n) is 2.39. The minimum absolute atomic E-state index is 0.203. The number of hydrogen-bond acceptors (Lipinski definition) is 5. The smallest absolute Gasteiger partial charge is 0.255 e. The van der Waals surface area contributed by atoms with Crippen LogP contribution in [0.1, 0.15) is 22.8 Å². The highest BCUT2D eigenvalue weighted by molar-refractivity contribution is 6.14. The van der Waals surface area contributed by atoms with Gasteiger partial charge in [-0.15, -0.1) is 0 Å². The number of allylic oxidation sites excluding steroid dienone is 1. The molecule has 2 N–H and O–H groups in total. The maximum Gasteiger partial charge on any atom is 0.255 e. The van der Waals surface area contributed by atoms with E-state index in [1.807, 2.05) is 31.2 Å². The third-order valence-corrected chi connectivity index (χ3v) is 3.51. The molecule has 1 amide bonds. The van der Waals surface area contributed by atoms with Crippen molar-refractivity contribution in [2.24, 2.45) is 5.73 Å². The second kappa shape index (κ2) is 7.09. The molecular formula is C19H17NO5. The lowest BCUT2D eigenvalue weighted by Gasteiger charge is -2.05. The molecule has 1 aliphatic rings. The zero-order valence-corrected chi connectivity index (χ0v) is 13.7. The quantitative estimate of drug-likeness (QED) is 0.817. The Bertz CT molecular complexity index is 839. The van der Waals surface area contributed by atoms with Gasteiger partial charge >= 0.3 is 0 Å². The van der Waals surface area contributed by atoms with Crippen molar-refractivity contribution in [2.45, 2.75) is 6.92 Å². The zero-order chi connectivity index (χ0) is 17.8. The summed E-state index contributed by atoms with van der Waals surface area (Å²) in [5, 5.41) is 0. The maximum atomic E-state index is 12.4. The van der Waals surface area contributed by atoms with Gasteiger partial charge in [0.1, 0.15) is 17.2 Å². The normalized spacial score (nSPS) is 14.1. The standard InChI is InChI=1S/C19H17NO5/c1-2-23-13-5-3-12(4-6-13)9-17-19(22)15-8-7-14(10-16(15)25-17)24-11-18(20)21/h3-10H,2,11H2,1H3,(H2,20,21). The van der Waals surface area contributed by atoms with Crippen LogP contribution in [0.25, 0.3) is 6.08 Å². The number of amides is 1. The molecular weight excluding hydrogens is 322 g/mol. The van der Waals surface area contributed by atoms with Crippen LogP contribution in [0.5, 0.6) is 17.2 Å². The molecule has 0 bridgehead atoms. The summed E-state index contributed by atoms with van der Waals surface area (Å²) >= 11 is 0. The molecule has 25 heavy (non-hydrogen) atoms. The van der Waals surface area contributed by atoms with Gasteiger partial charge in [-0.2, -0.15) is 0 Å². The minimum Gasteiger partial charge on any atom is -0.494 e. The Labute approximate surface area is 144 Å². The van der Waals surface area contributed by atoms with Crippen molar-refractivity contribution in [2.75, 3.05) is 13.2 Å². The van der Waals surface area contributed by atoms with Gasteiger partial charge in [0.2, 0.25) is 5.78 Å². The molecule has 6 heteroatoms. The molecule has 0 spiro atoms. The number of carbonyl (C=O) groups is 2. The molecule has 0 saturated heterocycles. The molecule has 1 heterocycles. The maximum absolute atomic E-state index is 12.4. The number of primary amides is 1. The summed E-state index contributed by atoms with van der Waals surface area (Å²) in [6.07, 6.45) is 1.67. The van der Waals surface area contributed by atoms with Gasteiger partial charge < -0.3 is 19.9 Å². The van der Waals surface area contributed by atoms with Gasteiger partial charge in [-0.05, 0) is 42.8 Å². The number of rotatable bonds is 6. The van der Waals surface area contributed by atoms with Crippen molar-refractivity contribution in [3.8, 4) is 17.2 Å². The third-order valence-electron chi connectivity index (χ3n) is 3.51. The summed E-state index contributed by atoms with van der Waals surface area (Å²) in [4.78, 5) is 23.2. The Hall–Kier alpha value is -3.28. The van der Waals surface area contributed by atoms with Gasteiger partial charge in [-0.3, -0.25) is 9.59 Å². The van der Waals surface area contributed by atoms with E-state index in [-0.39, 0.29) is 18.1 Å². The zero-order valence-electron chi connectivity index (χ0n) is 13.7. The Kier molecular flexibility index (Phi) is 4.70.